The van der Waals surface area contributed by atoms with Crippen molar-refractivity contribution in [2.75, 3.05) is 20.1 Å². The molecule has 0 saturated carbocycles. The van der Waals surface area contributed by atoms with Crippen LogP contribution in [0.2, 0.25) is 0 Å². The molecule has 0 atom stereocenters. The topological polar surface area (TPSA) is 52.6 Å². The van der Waals surface area contributed by atoms with Crippen molar-refractivity contribution < 1.29 is 0 Å². The number of likely N-dealkylation sites (tertiary alicyclic amines) is 1. The number of aromatic nitrogens is 1. The lowest BCUT2D eigenvalue weighted by Gasteiger charge is -2.32. The molecule has 0 unspecified atom stereocenters. The van der Waals surface area contributed by atoms with Crippen molar-refractivity contribution in [3.8, 4) is 0 Å². The van der Waals surface area contributed by atoms with E-state index in [4.69, 9.17) is 4.98 Å². The third kappa shape index (κ3) is 6.96. The molecule has 2 aromatic rings. The van der Waals surface area contributed by atoms with Gasteiger partial charge in [-0.1, -0.05) is 20.8 Å². The van der Waals surface area contributed by atoms with Crippen LogP contribution in [0, 0.1) is 0 Å². The van der Waals surface area contributed by atoms with Gasteiger partial charge >= 0.3 is 0 Å². The molecule has 1 fully saturated rings. The Balaban J connectivity index is 0.00000280. The standard InChI is InChI=1S/C20H31N5S2.HI/c1-20(2,3)17-14-27-18(24-17)11-22-19(21-4)23-16-5-8-25(9-6-16)12-15-7-10-26-13-15;/h7,10,13-14,16H,5-6,8-9,11-12H2,1-4H3,(H2,21,22,23);1H. The molecule has 2 aromatic heterocycles. The summed E-state index contributed by atoms with van der Waals surface area (Å²) in [6.07, 6.45) is 2.30. The molecule has 1 aliphatic rings. The van der Waals surface area contributed by atoms with Crippen molar-refractivity contribution in [1.82, 2.24) is 20.5 Å². The zero-order valence-corrected chi connectivity index (χ0v) is 21.2. The minimum absolute atomic E-state index is 0. The van der Waals surface area contributed by atoms with E-state index in [1.54, 1.807) is 22.7 Å². The summed E-state index contributed by atoms with van der Waals surface area (Å²) in [5, 5.41) is 14.7. The van der Waals surface area contributed by atoms with E-state index in [1.165, 1.54) is 5.56 Å². The van der Waals surface area contributed by atoms with E-state index in [9.17, 15) is 0 Å². The monoisotopic (exact) mass is 533 g/mol. The number of nitrogens with one attached hydrogen (secondary N) is 2. The maximum absolute atomic E-state index is 4.75. The lowest BCUT2D eigenvalue weighted by Crippen LogP contribution is -2.48. The number of hydrogen-bond acceptors (Lipinski definition) is 5. The zero-order valence-electron chi connectivity index (χ0n) is 17.2. The van der Waals surface area contributed by atoms with Crippen LogP contribution in [0.15, 0.2) is 27.2 Å². The first-order valence-corrected chi connectivity index (χ1v) is 11.4. The fourth-order valence-electron chi connectivity index (χ4n) is 3.16. The number of thiazole rings is 1. The van der Waals surface area contributed by atoms with Gasteiger partial charge in [0.05, 0.1) is 12.2 Å². The average molecular weight is 534 g/mol. The summed E-state index contributed by atoms with van der Waals surface area (Å²) in [5.74, 6) is 0.874. The molecule has 0 aliphatic carbocycles. The Kier molecular flexibility index (Phi) is 9.17. The Morgan fingerprint density at radius 2 is 2.04 bits per heavy atom. The first-order valence-electron chi connectivity index (χ1n) is 9.59. The number of aliphatic imine (C=N–C) groups is 1. The zero-order chi connectivity index (χ0) is 19.3. The molecule has 2 N–H and O–H groups in total. The van der Waals surface area contributed by atoms with Crippen molar-refractivity contribution in [2.45, 2.75) is 58.2 Å². The highest BCUT2D eigenvalue weighted by Gasteiger charge is 2.21. The highest BCUT2D eigenvalue weighted by molar-refractivity contribution is 14.0. The van der Waals surface area contributed by atoms with Crippen molar-refractivity contribution >= 4 is 52.6 Å². The molecule has 0 bridgehead atoms. The van der Waals surface area contributed by atoms with E-state index in [0.29, 0.717) is 6.04 Å². The average Bonchev–Trinajstić information content (AvgIpc) is 3.31. The van der Waals surface area contributed by atoms with Gasteiger partial charge in [0.15, 0.2) is 5.96 Å². The minimum Gasteiger partial charge on any atom is -0.354 e. The molecule has 156 valence electrons. The minimum atomic E-state index is 0. The van der Waals surface area contributed by atoms with Crippen LogP contribution >= 0.6 is 46.7 Å². The van der Waals surface area contributed by atoms with Crippen molar-refractivity contribution in [3.63, 3.8) is 0 Å². The Hall–Kier alpha value is -0.710. The third-order valence-corrected chi connectivity index (χ3v) is 6.45. The van der Waals surface area contributed by atoms with E-state index in [-0.39, 0.29) is 29.4 Å². The Morgan fingerprint density at radius 1 is 1.29 bits per heavy atom. The van der Waals surface area contributed by atoms with Crippen LogP contribution in [-0.2, 0) is 18.5 Å². The third-order valence-electron chi connectivity index (χ3n) is 4.87. The predicted octanol–water partition coefficient (Wildman–Crippen LogP) is 4.45. The molecule has 1 aliphatic heterocycles. The number of guanidine groups is 1. The Morgan fingerprint density at radius 3 is 2.61 bits per heavy atom. The van der Waals surface area contributed by atoms with Crippen LogP contribution in [0.3, 0.4) is 0 Å². The fraction of sp³-hybridized carbons (Fsp3) is 0.600. The highest BCUT2D eigenvalue weighted by atomic mass is 127. The maximum atomic E-state index is 4.75. The van der Waals surface area contributed by atoms with E-state index in [0.717, 1.165) is 55.7 Å². The second-order valence-electron chi connectivity index (χ2n) is 8.13. The molecule has 8 heteroatoms. The molecule has 0 spiro atoms. The first-order chi connectivity index (χ1) is 12.9. The van der Waals surface area contributed by atoms with Crippen LogP contribution in [0.5, 0.6) is 0 Å². The van der Waals surface area contributed by atoms with E-state index in [2.05, 4.69) is 63.5 Å². The van der Waals surface area contributed by atoms with Gasteiger partial charge in [-0.05, 0) is 35.2 Å². The summed E-state index contributed by atoms with van der Waals surface area (Å²) in [6, 6.07) is 2.71. The second-order valence-corrected chi connectivity index (χ2v) is 9.85. The van der Waals surface area contributed by atoms with Gasteiger partial charge < -0.3 is 10.6 Å². The molecule has 3 rings (SSSR count). The van der Waals surface area contributed by atoms with Crippen LogP contribution in [0.4, 0.5) is 0 Å². The van der Waals surface area contributed by atoms with Crippen molar-refractivity contribution in [3.05, 3.63) is 38.5 Å². The fourth-order valence-corrected chi connectivity index (χ4v) is 4.78. The number of nitrogens with zero attached hydrogens (tertiary/aromatic N) is 3. The number of piperidine rings is 1. The quantitative estimate of drug-likeness (QED) is 0.339. The van der Waals surface area contributed by atoms with Crippen LogP contribution in [0.25, 0.3) is 0 Å². The van der Waals surface area contributed by atoms with Crippen LogP contribution in [-0.4, -0.2) is 42.0 Å². The van der Waals surface area contributed by atoms with Gasteiger partial charge in [0, 0.05) is 43.5 Å². The summed E-state index contributed by atoms with van der Waals surface area (Å²) in [4.78, 5) is 11.7. The van der Waals surface area contributed by atoms with E-state index >= 15 is 0 Å². The second kappa shape index (κ2) is 10.9. The van der Waals surface area contributed by atoms with E-state index < -0.39 is 0 Å². The molecule has 1 saturated heterocycles. The largest absolute Gasteiger partial charge is 0.354 e. The molecular weight excluding hydrogens is 501 g/mol. The summed E-state index contributed by atoms with van der Waals surface area (Å²) >= 11 is 3.49. The van der Waals surface area contributed by atoms with Gasteiger partial charge in [-0.25, -0.2) is 4.98 Å². The highest BCUT2D eigenvalue weighted by Crippen LogP contribution is 2.23. The number of hydrogen-bond donors (Lipinski definition) is 2. The van der Waals surface area contributed by atoms with Gasteiger partial charge in [-0.3, -0.25) is 9.89 Å². The molecule has 0 radical (unpaired) electrons. The normalized spacial score (nSPS) is 16.6. The number of halogens is 1. The van der Waals surface area contributed by atoms with Crippen LogP contribution < -0.4 is 10.6 Å². The summed E-state index contributed by atoms with van der Waals surface area (Å²) in [5.41, 5.74) is 2.69. The molecule has 0 aromatic carbocycles. The lowest BCUT2D eigenvalue weighted by atomic mass is 9.93. The number of rotatable bonds is 5. The summed E-state index contributed by atoms with van der Waals surface area (Å²) in [7, 11) is 1.84. The first kappa shape index (κ1) is 23.6. The molecular formula is C20H32IN5S2. The lowest BCUT2D eigenvalue weighted by molar-refractivity contribution is 0.198. The summed E-state index contributed by atoms with van der Waals surface area (Å²) < 4.78 is 0. The van der Waals surface area contributed by atoms with Gasteiger partial charge in [0.2, 0.25) is 0 Å². The Labute approximate surface area is 194 Å². The molecule has 28 heavy (non-hydrogen) atoms. The van der Waals surface area contributed by atoms with Crippen LogP contribution in [0.1, 0.15) is 49.9 Å². The molecule has 5 nitrogen and oxygen atoms in total. The molecule has 3 heterocycles. The SMILES string of the molecule is CN=C(NCc1nc(C(C)(C)C)cs1)NC1CCN(Cc2ccsc2)CC1.I. The van der Waals surface area contributed by atoms with Gasteiger partial charge in [-0.15, -0.1) is 35.3 Å². The Bertz CT molecular complexity index is 728. The number of thiophene rings is 1. The smallest absolute Gasteiger partial charge is 0.191 e. The summed E-state index contributed by atoms with van der Waals surface area (Å²) in [6.45, 7) is 10.7. The van der Waals surface area contributed by atoms with Crippen molar-refractivity contribution in [2.24, 2.45) is 4.99 Å². The predicted molar refractivity (Wildman–Crippen MR) is 132 cm³/mol. The molecule has 0 amide bonds. The maximum Gasteiger partial charge on any atom is 0.191 e. The van der Waals surface area contributed by atoms with Gasteiger partial charge in [0.1, 0.15) is 5.01 Å². The van der Waals surface area contributed by atoms with Gasteiger partial charge in [-0.2, -0.15) is 11.3 Å². The van der Waals surface area contributed by atoms with Gasteiger partial charge in [0.25, 0.3) is 0 Å². The van der Waals surface area contributed by atoms with Crippen molar-refractivity contribution in [1.29, 1.82) is 0 Å². The van der Waals surface area contributed by atoms with E-state index in [1.807, 2.05) is 7.05 Å².